The molecule has 0 radical (unpaired) electrons. The topological polar surface area (TPSA) is 64.6 Å². The Balaban J connectivity index is 1.58. The van der Waals surface area contributed by atoms with Crippen molar-refractivity contribution in [2.75, 3.05) is 32.7 Å². The van der Waals surface area contributed by atoms with Gasteiger partial charge < -0.3 is 20.6 Å². The van der Waals surface area contributed by atoms with Gasteiger partial charge in [-0.2, -0.15) is 0 Å². The van der Waals surface area contributed by atoms with Gasteiger partial charge in [0.25, 0.3) is 0 Å². The molecule has 5 nitrogen and oxygen atoms in total. The number of likely N-dealkylation sites (tertiary alicyclic amines) is 1. The van der Waals surface area contributed by atoms with Crippen LogP contribution in [-0.2, 0) is 6.42 Å². The molecule has 1 aromatic carbocycles. The normalized spacial score (nSPS) is 17.5. The Bertz CT molecular complexity index is 519. The highest BCUT2D eigenvalue weighted by atomic mass is 19.1. The van der Waals surface area contributed by atoms with Crippen molar-refractivity contribution in [1.82, 2.24) is 15.5 Å². The van der Waals surface area contributed by atoms with Crippen molar-refractivity contribution in [3.05, 3.63) is 35.6 Å². The third kappa shape index (κ3) is 6.45. The first kappa shape index (κ1) is 18.7. The third-order valence-corrected chi connectivity index (χ3v) is 4.48. The molecule has 1 heterocycles. The van der Waals surface area contributed by atoms with E-state index in [0.717, 1.165) is 31.8 Å². The molecule has 1 aliphatic rings. The molecule has 0 bridgehead atoms. The van der Waals surface area contributed by atoms with Gasteiger partial charge in [-0.3, -0.25) is 0 Å². The molecule has 1 fully saturated rings. The molecule has 0 spiro atoms. The number of amides is 2. The fourth-order valence-corrected chi connectivity index (χ4v) is 2.89. The zero-order chi connectivity index (χ0) is 17.4. The highest BCUT2D eigenvalue weighted by Crippen LogP contribution is 2.15. The number of carbonyl (C=O) groups excluding carboxylic acids is 1. The number of piperidine rings is 1. The Labute approximate surface area is 143 Å². The lowest BCUT2D eigenvalue weighted by Crippen LogP contribution is -2.45. The molecule has 3 N–H and O–H groups in total. The second kappa shape index (κ2) is 9.59. The van der Waals surface area contributed by atoms with E-state index in [1.807, 2.05) is 0 Å². The van der Waals surface area contributed by atoms with Crippen LogP contribution in [-0.4, -0.2) is 54.9 Å². The number of benzene rings is 1. The van der Waals surface area contributed by atoms with E-state index < -0.39 is 6.10 Å². The number of carbonyl (C=O) groups is 1. The van der Waals surface area contributed by atoms with Gasteiger partial charge in [0.05, 0.1) is 6.10 Å². The minimum Gasteiger partial charge on any atom is -0.390 e. The SMILES string of the molecule is CC1CCN(CC(O)CNC(=O)NCCc2ccccc2F)CC1. The summed E-state index contributed by atoms with van der Waals surface area (Å²) in [6.07, 6.45) is 2.19. The summed E-state index contributed by atoms with van der Waals surface area (Å²) >= 11 is 0. The van der Waals surface area contributed by atoms with Crippen LogP contribution in [0.1, 0.15) is 25.3 Å². The zero-order valence-corrected chi connectivity index (χ0v) is 14.3. The molecular formula is C18H28FN3O2. The summed E-state index contributed by atoms with van der Waals surface area (Å²) in [6, 6.07) is 6.20. The van der Waals surface area contributed by atoms with Crippen LogP contribution in [0.4, 0.5) is 9.18 Å². The van der Waals surface area contributed by atoms with E-state index in [0.29, 0.717) is 25.1 Å². The van der Waals surface area contributed by atoms with Crippen LogP contribution in [0.15, 0.2) is 24.3 Å². The molecule has 2 amide bonds. The summed E-state index contributed by atoms with van der Waals surface area (Å²) in [5, 5.41) is 15.4. The second-order valence-electron chi connectivity index (χ2n) is 6.62. The largest absolute Gasteiger partial charge is 0.390 e. The summed E-state index contributed by atoms with van der Waals surface area (Å²) in [6.45, 7) is 5.42. The Morgan fingerprint density at radius 2 is 2.04 bits per heavy atom. The number of rotatable bonds is 7. The number of nitrogens with one attached hydrogen (secondary N) is 2. The number of hydrogen-bond acceptors (Lipinski definition) is 3. The van der Waals surface area contributed by atoms with Crippen molar-refractivity contribution >= 4 is 6.03 Å². The Hall–Kier alpha value is -1.66. The minimum atomic E-state index is -0.573. The maximum absolute atomic E-state index is 13.4. The van der Waals surface area contributed by atoms with Gasteiger partial charge in [0.15, 0.2) is 0 Å². The Morgan fingerprint density at radius 3 is 2.75 bits per heavy atom. The van der Waals surface area contributed by atoms with Crippen LogP contribution in [0.3, 0.4) is 0 Å². The maximum Gasteiger partial charge on any atom is 0.314 e. The summed E-state index contributed by atoms with van der Waals surface area (Å²) in [5.41, 5.74) is 0.581. The van der Waals surface area contributed by atoms with Gasteiger partial charge in [-0.15, -0.1) is 0 Å². The molecule has 0 aliphatic carbocycles. The number of nitrogens with zero attached hydrogens (tertiary/aromatic N) is 1. The highest BCUT2D eigenvalue weighted by molar-refractivity contribution is 5.73. The zero-order valence-electron chi connectivity index (χ0n) is 14.3. The van der Waals surface area contributed by atoms with Crippen molar-refractivity contribution < 1.29 is 14.3 Å². The van der Waals surface area contributed by atoms with Gasteiger partial charge in [-0.1, -0.05) is 25.1 Å². The molecule has 1 unspecified atom stereocenters. The van der Waals surface area contributed by atoms with Crippen LogP contribution in [0, 0.1) is 11.7 Å². The standard InChI is InChI=1S/C18H28FN3O2/c1-14-7-10-22(11-8-14)13-16(23)12-21-18(24)20-9-6-15-4-2-3-5-17(15)19/h2-5,14,16,23H,6-13H2,1H3,(H2,20,21,24). The lowest BCUT2D eigenvalue weighted by Gasteiger charge is -2.31. The van der Waals surface area contributed by atoms with E-state index in [-0.39, 0.29) is 18.4 Å². The van der Waals surface area contributed by atoms with Crippen molar-refractivity contribution in [3.63, 3.8) is 0 Å². The predicted octanol–water partition coefficient (Wildman–Crippen LogP) is 1.76. The summed E-state index contributed by atoms with van der Waals surface area (Å²) in [5.74, 6) is 0.503. The molecule has 2 rings (SSSR count). The number of halogens is 1. The van der Waals surface area contributed by atoms with Crippen LogP contribution >= 0.6 is 0 Å². The van der Waals surface area contributed by atoms with Gasteiger partial charge in [0.1, 0.15) is 5.82 Å². The molecule has 1 saturated heterocycles. The number of aliphatic hydroxyl groups excluding tert-OH is 1. The average Bonchev–Trinajstić information content (AvgIpc) is 2.57. The number of urea groups is 1. The van der Waals surface area contributed by atoms with Gasteiger partial charge in [-0.25, -0.2) is 9.18 Å². The Morgan fingerprint density at radius 1 is 1.33 bits per heavy atom. The van der Waals surface area contributed by atoms with Crippen LogP contribution < -0.4 is 10.6 Å². The molecule has 1 aromatic rings. The second-order valence-corrected chi connectivity index (χ2v) is 6.62. The average molecular weight is 337 g/mol. The number of aliphatic hydroxyl groups is 1. The van der Waals surface area contributed by atoms with Crippen molar-refractivity contribution in [2.45, 2.75) is 32.3 Å². The predicted molar refractivity (Wildman–Crippen MR) is 92.4 cm³/mol. The van der Waals surface area contributed by atoms with E-state index in [9.17, 15) is 14.3 Å². The van der Waals surface area contributed by atoms with Crippen molar-refractivity contribution in [2.24, 2.45) is 5.92 Å². The molecule has 0 aromatic heterocycles. The molecule has 1 aliphatic heterocycles. The molecule has 0 saturated carbocycles. The lowest BCUT2D eigenvalue weighted by molar-refractivity contribution is 0.0920. The van der Waals surface area contributed by atoms with E-state index in [4.69, 9.17) is 0 Å². The maximum atomic E-state index is 13.4. The van der Waals surface area contributed by atoms with E-state index >= 15 is 0 Å². The molecule has 134 valence electrons. The van der Waals surface area contributed by atoms with Crippen LogP contribution in [0.5, 0.6) is 0 Å². The summed E-state index contributed by atoms with van der Waals surface area (Å²) in [4.78, 5) is 14.0. The van der Waals surface area contributed by atoms with E-state index in [2.05, 4.69) is 22.5 Å². The fourth-order valence-electron chi connectivity index (χ4n) is 2.89. The van der Waals surface area contributed by atoms with Gasteiger partial charge in [0.2, 0.25) is 0 Å². The number of hydrogen-bond donors (Lipinski definition) is 3. The first-order valence-corrected chi connectivity index (χ1v) is 8.70. The number of β-amino-alcohol motifs (C(OH)–C–C–N with tert-alkyl or cyclic N) is 1. The first-order valence-electron chi connectivity index (χ1n) is 8.70. The van der Waals surface area contributed by atoms with E-state index in [1.165, 1.54) is 6.07 Å². The highest BCUT2D eigenvalue weighted by Gasteiger charge is 2.18. The minimum absolute atomic E-state index is 0.220. The third-order valence-electron chi connectivity index (χ3n) is 4.48. The summed E-state index contributed by atoms with van der Waals surface area (Å²) < 4.78 is 13.4. The monoisotopic (exact) mass is 337 g/mol. The van der Waals surface area contributed by atoms with Gasteiger partial charge in [0, 0.05) is 19.6 Å². The quantitative estimate of drug-likeness (QED) is 0.710. The Kier molecular flexibility index (Phi) is 7.46. The first-order chi connectivity index (χ1) is 11.5. The van der Waals surface area contributed by atoms with Gasteiger partial charge in [-0.05, 0) is 49.9 Å². The van der Waals surface area contributed by atoms with Crippen LogP contribution in [0.25, 0.3) is 0 Å². The van der Waals surface area contributed by atoms with Crippen molar-refractivity contribution in [1.29, 1.82) is 0 Å². The lowest BCUT2D eigenvalue weighted by atomic mass is 9.99. The summed E-state index contributed by atoms with van der Waals surface area (Å²) in [7, 11) is 0. The van der Waals surface area contributed by atoms with E-state index in [1.54, 1.807) is 18.2 Å². The smallest absolute Gasteiger partial charge is 0.314 e. The fraction of sp³-hybridized carbons (Fsp3) is 0.611. The van der Waals surface area contributed by atoms with Gasteiger partial charge >= 0.3 is 6.03 Å². The molecule has 24 heavy (non-hydrogen) atoms. The molecular weight excluding hydrogens is 309 g/mol. The molecule has 6 heteroatoms. The van der Waals surface area contributed by atoms with Crippen molar-refractivity contribution in [3.8, 4) is 0 Å². The molecule has 1 atom stereocenters. The van der Waals surface area contributed by atoms with Crippen LogP contribution in [0.2, 0.25) is 0 Å².